The Labute approximate surface area is 114 Å². The first-order valence-electron chi connectivity index (χ1n) is 7.13. The maximum atomic E-state index is 10.8. The van der Waals surface area contributed by atoms with E-state index in [1.165, 1.54) is 31.2 Å². The number of fused-ring (bicyclic) bond motifs is 1. The van der Waals surface area contributed by atoms with Gasteiger partial charge in [0.1, 0.15) is 5.78 Å². The molecule has 3 heteroatoms. The molecular weight excluding hydrogens is 240 g/mol. The molecule has 0 amide bonds. The minimum absolute atomic E-state index is 0.306. The normalized spacial score (nSPS) is 12.7. The van der Waals surface area contributed by atoms with Crippen LogP contribution in [0.25, 0.3) is 0 Å². The average molecular weight is 262 g/mol. The van der Waals surface area contributed by atoms with Crippen molar-refractivity contribution in [3.05, 3.63) is 23.8 Å². The lowest BCUT2D eigenvalue weighted by Gasteiger charge is -2.03. The van der Waals surface area contributed by atoms with Crippen molar-refractivity contribution in [3.8, 4) is 11.5 Å². The summed E-state index contributed by atoms with van der Waals surface area (Å²) >= 11 is 0. The second-order valence-corrected chi connectivity index (χ2v) is 5.16. The summed E-state index contributed by atoms with van der Waals surface area (Å²) in [6.07, 6.45) is 7.68. The van der Waals surface area contributed by atoms with Crippen LogP contribution in [0.15, 0.2) is 18.2 Å². The van der Waals surface area contributed by atoms with Gasteiger partial charge in [-0.05, 0) is 43.9 Å². The molecule has 1 aromatic carbocycles. The van der Waals surface area contributed by atoms with Crippen LogP contribution in [0.1, 0.15) is 51.0 Å². The number of aryl methyl sites for hydroxylation is 1. The van der Waals surface area contributed by atoms with Crippen LogP contribution in [0.2, 0.25) is 0 Å². The van der Waals surface area contributed by atoms with Gasteiger partial charge in [-0.15, -0.1) is 0 Å². The van der Waals surface area contributed by atoms with Gasteiger partial charge >= 0.3 is 0 Å². The van der Waals surface area contributed by atoms with Gasteiger partial charge in [0.15, 0.2) is 11.5 Å². The molecule has 0 saturated carbocycles. The summed E-state index contributed by atoms with van der Waals surface area (Å²) in [5.41, 5.74) is 1.31. The smallest absolute Gasteiger partial charge is 0.231 e. The molecule has 0 spiro atoms. The van der Waals surface area contributed by atoms with E-state index in [0.717, 1.165) is 30.8 Å². The highest BCUT2D eigenvalue weighted by Gasteiger charge is 2.12. The first-order chi connectivity index (χ1) is 9.25. The maximum absolute atomic E-state index is 10.8. The van der Waals surface area contributed by atoms with Gasteiger partial charge in [-0.3, -0.25) is 0 Å². The fourth-order valence-corrected chi connectivity index (χ4v) is 2.33. The van der Waals surface area contributed by atoms with E-state index in [1.54, 1.807) is 6.92 Å². The van der Waals surface area contributed by atoms with Crippen molar-refractivity contribution < 1.29 is 14.3 Å². The molecule has 0 aromatic heterocycles. The van der Waals surface area contributed by atoms with E-state index in [2.05, 4.69) is 12.1 Å². The fourth-order valence-electron chi connectivity index (χ4n) is 2.33. The van der Waals surface area contributed by atoms with E-state index >= 15 is 0 Å². The van der Waals surface area contributed by atoms with Gasteiger partial charge in [0.2, 0.25) is 6.79 Å². The van der Waals surface area contributed by atoms with Gasteiger partial charge in [0.25, 0.3) is 0 Å². The second-order valence-electron chi connectivity index (χ2n) is 5.16. The average Bonchev–Trinajstić information content (AvgIpc) is 2.84. The first kappa shape index (κ1) is 13.9. The summed E-state index contributed by atoms with van der Waals surface area (Å²) in [4.78, 5) is 10.8. The quantitative estimate of drug-likeness (QED) is 0.667. The lowest BCUT2D eigenvalue weighted by Crippen LogP contribution is -1.93. The molecule has 1 aliphatic rings. The third-order valence-electron chi connectivity index (χ3n) is 3.43. The van der Waals surface area contributed by atoms with Crippen LogP contribution in [-0.4, -0.2) is 12.6 Å². The van der Waals surface area contributed by atoms with Gasteiger partial charge in [-0.25, -0.2) is 0 Å². The van der Waals surface area contributed by atoms with Crippen molar-refractivity contribution in [1.29, 1.82) is 0 Å². The number of carbonyl (C=O) groups is 1. The van der Waals surface area contributed by atoms with E-state index < -0.39 is 0 Å². The van der Waals surface area contributed by atoms with Crippen LogP contribution in [-0.2, 0) is 11.2 Å². The molecule has 1 aliphatic heterocycles. The van der Waals surface area contributed by atoms with E-state index in [0.29, 0.717) is 12.6 Å². The highest BCUT2D eigenvalue weighted by molar-refractivity contribution is 5.75. The van der Waals surface area contributed by atoms with Gasteiger partial charge in [0, 0.05) is 6.42 Å². The predicted octanol–water partition coefficient (Wildman–Crippen LogP) is 3.89. The minimum Gasteiger partial charge on any atom is -0.454 e. The highest BCUT2D eigenvalue weighted by atomic mass is 16.7. The Morgan fingerprint density at radius 2 is 1.79 bits per heavy atom. The Morgan fingerprint density at radius 1 is 1.05 bits per heavy atom. The molecule has 3 nitrogen and oxygen atoms in total. The summed E-state index contributed by atoms with van der Waals surface area (Å²) in [6, 6.07) is 6.19. The van der Waals surface area contributed by atoms with E-state index in [9.17, 15) is 4.79 Å². The molecule has 104 valence electrons. The Balaban J connectivity index is 1.59. The molecule has 0 atom stereocenters. The summed E-state index contributed by atoms with van der Waals surface area (Å²) in [7, 11) is 0. The van der Waals surface area contributed by atoms with Crippen molar-refractivity contribution in [2.24, 2.45) is 0 Å². The monoisotopic (exact) mass is 262 g/mol. The van der Waals surface area contributed by atoms with Crippen molar-refractivity contribution in [3.63, 3.8) is 0 Å². The lowest BCUT2D eigenvalue weighted by atomic mass is 10.0. The van der Waals surface area contributed by atoms with Gasteiger partial charge in [-0.2, -0.15) is 0 Å². The number of unbranched alkanes of at least 4 members (excludes halogenated alkanes) is 4. The maximum Gasteiger partial charge on any atom is 0.231 e. The highest BCUT2D eigenvalue weighted by Crippen LogP contribution is 2.32. The number of ketones is 1. The Hall–Kier alpha value is -1.51. The molecule has 0 N–H and O–H groups in total. The molecule has 0 aliphatic carbocycles. The summed E-state index contributed by atoms with van der Waals surface area (Å²) in [5, 5.41) is 0. The lowest BCUT2D eigenvalue weighted by molar-refractivity contribution is -0.117. The summed E-state index contributed by atoms with van der Waals surface area (Å²) in [5.74, 6) is 2.03. The Morgan fingerprint density at radius 3 is 2.63 bits per heavy atom. The molecule has 2 rings (SSSR count). The zero-order valence-electron chi connectivity index (χ0n) is 11.6. The molecule has 0 bridgehead atoms. The standard InChI is InChI=1S/C16H22O3/c1-13(17)7-5-3-2-4-6-8-14-9-10-15-16(11-14)19-12-18-15/h9-11H,2-8,12H2,1H3. The van der Waals surface area contributed by atoms with Crippen molar-refractivity contribution in [1.82, 2.24) is 0 Å². The second kappa shape index (κ2) is 7.17. The number of hydrogen-bond acceptors (Lipinski definition) is 3. The minimum atomic E-state index is 0.306. The molecule has 0 fully saturated rings. The third kappa shape index (κ3) is 4.58. The van der Waals surface area contributed by atoms with Crippen LogP contribution >= 0.6 is 0 Å². The largest absolute Gasteiger partial charge is 0.454 e. The van der Waals surface area contributed by atoms with Crippen molar-refractivity contribution in [2.75, 3.05) is 6.79 Å². The zero-order chi connectivity index (χ0) is 13.5. The van der Waals surface area contributed by atoms with Crippen LogP contribution < -0.4 is 9.47 Å². The van der Waals surface area contributed by atoms with Crippen LogP contribution in [0.5, 0.6) is 11.5 Å². The number of hydrogen-bond donors (Lipinski definition) is 0. The number of rotatable bonds is 8. The molecule has 1 aromatic rings. The van der Waals surface area contributed by atoms with E-state index in [1.807, 2.05) is 6.07 Å². The summed E-state index contributed by atoms with van der Waals surface area (Å²) < 4.78 is 10.7. The molecule has 1 heterocycles. The first-order valence-corrected chi connectivity index (χ1v) is 7.13. The molecular formula is C16H22O3. The van der Waals surface area contributed by atoms with Gasteiger partial charge in [-0.1, -0.05) is 25.3 Å². The Bertz CT molecular complexity index is 426. The van der Waals surface area contributed by atoms with Crippen LogP contribution in [0, 0.1) is 0 Å². The molecule has 0 radical (unpaired) electrons. The zero-order valence-corrected chi connectivity index (χ0v) is 11.6. The fraction of sp³-hybridized carbons (Fsp3) is 0.562. The van der Waals surface area contributed by atoms with Gasteiger partial charge < -0.3 is 14.3 Å². The number of benzene rings is 1. The molecule has 0 saturated heterocycles. The van der Waals surface area contributed by atoms with E-state index in [4.69, 9.17) is 9.47 Å². The molecule has 0 unspecified atom stereocenters. The van der Waals surface area contributed by atoms with E-state index in [-0.39, 0.29) is 0 Å². The number of carbonyl (C=O) groups excluding carboxylic acids is 1. The third-order valence-corrected chi connectivity index (χ3v) is 3.43. The topological polar surface area (TPSA) is 35.5 Å². The Kier molecular flexibility index (Phi) is 5.25. The summed E-state index contributed by atoms with van der Waals surface area (Å²) in [6.45, 7) is 2.01. The molecule has 19 heavy (non-hydrogen) atoms. The number of ether oxygens (including phenoxy) is 2. The van der Waals surface area contributed by atoms with Crippen LogP contribution in [0.3, 0.4) is 0 Å². The van der Waals surface area contributed by atoms with Crippen molar-refractivity contribution >= 4 is 5.78 Å². The number of Topliss-reactive ketones (excluding diaryl/α,β-unsaturated/α-hetero) is 1. The SMILES string of the molecule is CC(=O)CCCCCCCc1ccc2c(c1)OCO2. The van der Waals surface area contributed by atoms with Crippen molar-refractivity contribution in [2.45, 2.75) is 51.9 Å². The predicted molar refractivity (Wildman–Crippen MR) is 74.7 cm³/mol. The van der Waals surface area contributed by atoms with Gasteiger partial charge in [0.05, 0.1) is 0 Å². The van der Waals surface area contributed by atoms with Crippen LogP contribution in [0.4, 0.5) is 0 Å².